The molecule has 1 amide bonds. The lowest BCUT2D eigenvalue weighted by Crippen LogP contribution is -2.15. The van der Waals surface area contributed by atoms with Crippen molar-refractivity contribution in [3.63, 3.8) is 0 Å². The Morgan fingerprint density at radius 1 is 1.10 bits per heavy atom. The summed E-state index contributed by atoms with van der Waals surface area (Å²) in [6.07, 6.45) is 0.141. The molecule has 0 unspecified atom stereocenters. The summed E-state index contributed by atoms with van der Waals surface area (Å²) in [6, 6.07) is 10.2. The second-order valence-corrected chi connectivity index (χ2v) is 5.42. The first-order valence-electron chi connectivity index (χ1n) is 5.75. The third kappa shape index (κ3) is 3.57. The lowest BCUT2D eigenvalue weighted by Gasteiger charge is -2.10. The summed E-state index contributed by atoms with van der Waals surface area (Å²) in [5.41, 5.74) is 7.44. The van der Waals surface area contributed by atoms with Crippen molar-refractivity contribution in [3.05, 3.63) is 57.0 Å². The van der Waals surface area contributed by atoms with Crippen molar-refractivity contribution in [2.75, 3.05) is 11.1 Å². The fourth-order valence-electron chi connectivity index (χ4n) is 1.71. The molecule has 0 aliphatic rings. The first kappa shape index (κ1) is 15.0. The van der Waals surface area contributed by atoms with Crippen molar-refractivity contribution < 1.29 is 4.79 Å². The van der Waals surface area contributed by atoms with Gasteiger partial charge in [-0.25, -0.2) is 0 Å². The van der Waals surface area contributed by atoms with Crippen molar-refractivity contribution in [3.8, 4) is 0 Å². The van der Waals surface area contributed by atoms with E-state index in [9.17, 15) is 4.79 Å². The van der Waals surface area contributed by atoms with Gasteiger partial charge in [-0.05, 0) is 23.8 Å². The van der Waals surface area contributed by atoms with Gasteiger partial charge in [-0.3, -0.25) is 4.79 Å². The number of nitrogens with one attached hydrogen (secondary N) is 1. The number of nitrogens with two attached hydrogens (primary N) is 1. The van der Waals surface area contributed by atoms with E-state index < -0.39 is 0 Å². The van der Waals surface area contributed by atoms with Crippen LogP contribution in [0, 0.1) is 0 Å². The van der Waals surface area contributed by atoms with Crippen LogP contribution in [0.5, 0.6) is 0 Å². The van der Waals surface area contributed by atoms with Crippen molar-refractivity contribution >= 4 is 52.1 Å². The molecule has 3 nitrogen and oxygen atoms in total. The lowest BCUT2D eigenvalue weighted by molar-refractivity contribution is -0.115. The Morgan fingerprint density at radius 3 is 2.30 bits per heavy atom. The number of hydrogen-bond donors (Lipinski definition) is 2. The van der Waals surface area contributed by atoms with Crippen molar-refractivity contribution in [1.82, 2.24) is 0 Å². The molecule has 20 heavy (non-hydrogen) atoms. The molecule has 0 aliphatic heterocycles. The van der Waals surface area contributed by atoms with E-state index in [1.807, 2.05) is 12.1 Å². The predicted molar refractivity (Wildman–Crippen MR) is 84.7 cm³/mol. The summed E-state index contributed by atoms with van der Waals surface area (Å²) in [6.45, 7) is 0. The van der Waals surface area contributed by atoms with Gasteiger partial charge in [-0.1, -0.05) is 53.0 Å². The van der Waals surface area contributed by atoms with Crippen molar-refractivity contribution in [2.45, 2.75) is 6.42 Å². The summed E-state index contributed by atoms with van der Waals surface area (Å²) in [4.78, 5) is 12.0. The fraction of sp³-hybridized carbons (Fsp3) is 0.0714. The second kappa shape index (κ2) is 6.35. The monoisotopic (exact) mass is 328 g/mol. The maximum absolute atomic E-state index is 12.0. The third-order valence-corrected chi connectivity index (χ3v) is 3.49. The summed E-state index contributed by atoms with van der Waals surface area (Å²) >= 11 is 17.8. The molecule has 0 saturated heterocycles. The average molecular weight is 330 g/mol. The highest BCUT2D eigenvalue weighted by Gasteiger charge is 2.12. The van der Waals surface area contributed by atoms with Gasteiger partial charge < -0.3 is 11.1 Å². The van der Waals surface area contributed by atoms with E-state index in [1.165, 1.54) is 12.1 Å². The van der Waals surface area contributed by atoms with Gasteiger partial charge in [0.25, 0.3) is 0 Å². The number of amides is 1. The van der Waals surface area contributed by atoms with Crippen LogP contribution in [0.2, 0.25) is 15.1 Å². The summed E-state index contributed by atoms with van der Waals surface area (Å²) in [5, 5.41) is 3.65. The molecule has 104 valence electrons. The van der Waals surface area contributed by atoms with E-state index in [1.54, 1.807) is 12.1 Å². The van der Waals surface area contributed by atoms with Gasteiger partial charge in [-0.2, -0.15) is 0 Å². The molecule has 3 N–H and O–H groups in total. The number of rotatable bonds is 3. The molecule has 0 aliphatic carbocycles. The van der Waals surface area contributed by atoms with Gasteiger partial charge in [0.1, 0.15) is 0 Å². The van der Waals surface area contributed by atoms with Gasteiger partial charge in [0.05, 0.1) is 22.2 Å². The van der Waals surface area contributed by atoms with Crippen LogP contribution in [-0.4, -0.2) is 5.91 Å². The van der Waals surface area contributed by atoms with Crippen LogP contribution in [0.1, 0.15) is 5.56 Å². The Bertz CT molecular complexity index is 636. The van der Waals surface area contributed by atoms with Crippen LogP contribution < -0.4 is 11.1 Å². The second-order valence-electron chi connectivity index (χ2n) is 4.17. The van der Waals surface area contributed by atoms with Gasteiger partial charge in [0, 0.05) is 10.7 Å². The van der Waals surface area contributed by atoms with Gasteiger partial charge >= 0.3 is 0 Å². The predicted octanol–water partition coefficient (Wildman–Crippen LogP) is 4.41. The largest absolute Gasteiger partial charge is 0.398 e. The van der Waals surface area contributed by atoms with Crippen molar-refractivity contribution in [1.29, 1.82) is 0 Å². The van der Waals surface area contributed by atoms with E-state index in [-0.39, 0.29) is 22.4 Å². The van der Waals surface area contributed by atoms with Gasteiger partial charge in [0.15, 0.2) is 0 Å². The molecule has 0 atom stereocenters. The Morgan fingerprint density at radius 2 is 1.70 bits per heavy atom. The van der Waals surface area contributed by atoms with Gasteiger partial charge in [0.2, 0.25) is 5.91 Å². The zero-order valence-electron chi connectivity index (χ0n) is 10.3. The third-order valence-electron chi connectivity index (χ3n) is 2.68. The molecule has 0 heterocycles. The molecule has 6 heteroatoms. The van der Waals surface area contributed by atoms with Crippen LogP contribution in [0.25, 0.3) is 0 Å². The quantitative estimate of drug-likeness (QED) is 0.819. The maximum atomic E-state index is 12.0. The molecule has 0 radical (unpaired) electrons. The minimum atomic E-state index is -0.256. The van der Waals surface area contributed by atoms with Crippen LogP contribution >= 0.6 is 34.8 Å². The number of anilines is 2. The zero-order valence-corrected chi connectivity index (χ0v) is 12.6. The summed E-state index contributed by atoms with van der Waals surface area (Å²) in [7, 11) is 0. The normalized spacial score (nSPS) is 10.3. The smallest absolute Gasteiger partial charge is 0.228 e. The SMILES string of the molecule is Nc1ccccc1CC(=O)Nc1c(Cl)cc(Cl)cc1Cl. The number of hydrogen-bond acceptors (Lipinski definition) is 2. The Hall–Kier alpha value is -1.42. The van der Waals surface area contributed by atoms with E-state index in [2.05, 4.69) is 5.32 Å². The maximum Gasteiger partial charge on any atom is 0.228 e. The standard InChI is InChI=1S/C14H11Cl3N2O/c15-9-6-10(16)14(11(17)7-9)19-13(20)5-8-3-1-2-4-12(8)18/h1-4,6-7H,5,18H2,(H,19,20). The minimum absolute atomic E-state index is 0.141. The molecule has 2 aromatic rings. The van der Waals surface area contributed by atoms with E-state index in [0.29, 0.717) is 16.4 Å². The Kier molecular flexibility index (Phi) is 4.76. The van der Waals surface area contributed by atoms with Crippen LogP contribution in [0.3, 0.4) is 0 Å². The number of para-hydroxylation sites is 1. The zero-order chi connectivity index (χ0) is 14.7. The molecule has 0 aromatic heterocycles. The summed E-state index contributed by atoms with van der Waals surface area (Å²) in [5.74, 6) is -0.256. The Labute approximate surface area is 131 Å². The first-order chi connectivity index (χ1) is 9.47. The molecule has 0 spiro atoms. The number of halogens is 3. The first-order valence-corrected chi connectivity index (χ1v) is 6.88. The molecule has 0 bridgehead atoms. The minimum Gasteiger partial charge on any atom is -0.398 e. The highest BCUT2D eigenvalue weighted by atomic mass is 35.5. The highest BCUT2D eigenvalue weighted by Crippen LogP contribution is 2.33. The summed E-state index contributed by atoms with van der Waals surface area (Å²) < 4.78 is 0. The molecule has 2 aromatic carbocycles. The van der Waals surface area contributed by atoms with Crippen LogP contribution in [0.4, 0.5) is 11.4 Å². The number of benzene rings is 2. The molecular weight excluding hydrogens is 319 g/mol. The average Bonchev–Trinajstić information content (AvgIpc) is 2.36. The topological polar surface area (TPSA) is 55.1 Å². The van der Waals surface area contributed by atoms with E-state index in [4.69, 9.17) is 40.5 Å². The van der Waals surface area contributed by atoms with E-state index in [0.717, 1.165) is 5.56 Å². The van der Waals surface area contributed by atoms with Crippen LogP contribution in [0.15, 0.2) is 36.4 Å². The fourth-order valence-corrected chi connectivity index (χ4v) is 2.62. The molecule has 2 rings (SSSR count). The van der Waals surface area contributed by atoms with Gasteiger partial charge in [-0.15, -0.1) is 0 Å². The number of nitrogen functional groups attached to an aromatic ring is 1. The van der Waals surface area contributed by atoms with Crippen LogP contribution in [-0.2, 0) is 11.2 Å². The molecule has 0 saturated carbocycles. The van der Waals surface area contributed by atoms with Crippen molar-refractivity contribution in [2.24, 2.45) is 0 Å². The van der Waals surface area contributed by atoms with E-state index >= 15 is 0 Å². The molecular formula is C14H11Cl3N2O. The highest BCUT2D eigenvalue weighted by molar-refractivity contribution is 6.42. The molecule has 0 fully saturated rings. The Balaban J connectivity index is 2.15. The number of carbonyl (C=O) groups excluding carboxylic acids is 1. The number of carbonyl (C=O) groups is 1. The lowest BCUT2D eigenvalue weighted by atomic mass is 10.1.